The Balaban J connectivity index is 1.20. The second-order valence-electron chi connectivity index (χ2n) is 11.2. The Hall–Kier alpha value is -6.65. The minimum atomic E-state index is -0.678. The monoisotopic (exact) mass is 638 g/mol. The lowest BCUT2D eigenvalue weighted by Crippen LogP contribution is -2.00. The summed E-state index contributed by atoms with van der Waals surface area (Å²) in [4.78, 5) is 14.2. The fourth-order valence-electron chi connectivity index (χ4n) is 5.63. The van der Waals surface area contributed by atoms with Crippen molar-refractivity contribution in [3.05, 3.63) is 176 Å². The molecule has 2 aromatic heterocycles. The molecule has 0 atom stereocenters. The van der Waals surface area contributed by atoms with E-state index >= 15 is 0 Å². The van der Waals surface area contributed by atoms with E-state index < -0.39 is 77.6 Å². The van der Waals surface area contributed by atoms with Gasteiger partial charge in [0.05, 0.1) is 15.1 Å². The van der Waals surface area contributed by atoms with Crippen LogP contribution in [0.5, 0.6) is 0 Å². The van der Waals surface area contributed by atoms with Crippen molar-refractivity contribution in [1.29, 1.82) is 0 Å². The van der Waals surface area contributed by atoms with Crippen molar-refractivity contribution < 1.29 is 19.5 Å². The molecule has 0 bridgehead atoms. The lowest BCUT2D eigenvalue weighted by molar-refractivity contribution is 0.669. The number of aromatic nitrogens is 3. The number of hydrogen-bond acceptors (Lipinski definition) is 4. The molecule has 2 heterocycles. The van der Waals surface area contributed by atoms with Gasteiger partial charge in [-0.1, -0.05) is 151 Å². The Kier molecular flexibility index (Phi) is 4.78. The number of rotatable bonds is 6. The highest BCUT2D eigenvalue weighted by molar-refractivity contribution is 6.06. The summed E-state index contributed by atoms with van der Waals surface area (Å²) in [5.41, 5.74) is 3.76. The first-order chi connectivity index (χ1) is 28.8. The van der Waals surface area contributed by atoms with Crippen LogP contribution in [-0.4, -0.2) is 15.0 Å². The second kappa shape index (κ2) is 12.2. The maximum atomic E-state index is 9.35. The lowest BCUT2D eigenvalue weighted by atomic mass is 9.99. The smallest absolute Gasteiger partial charge is 0.164 e. The molecule has 0 aliphatic heterocycles. The van der Waals surface area contributed by atoms with Crippen LogP contribution in [0.25, 0.3) is 89.5 Å². The summed E-state index contributed by atoms with van der Waals surface area (Å²) in [5.74, 6) is 0.391. The van der Waals surface area contributed by atoms with Crippen LogP contribution >= 0.6 is 0 Å². The minimum Gasteiger partial charge on any atom is -0.456 e. The average Bonchev–Trinajstić information content (AvgIpc) is 3.70. The van der Waals surface area contributed by atoms with Gasteiger partial charge in [0.15, 0.2) is 17.5 Å². The first-order valence-electron chi connectivity index (χ1n) is 21.0. The quantitative estimate of drug-likeness (QED) is 0.182. The van der Waals surface area contributed by atoms with E-state index in [1.807, 2.05) is 72.8 Å². The van der Waals surface area contributed by atoms with Crippen molar-refractivity contribution in [3.63, 3.8) is 0 Å². The molecule has 9 aromatic rings. The first kappa shape index (κ1) is 19.2. The molecule has 0 amide bonds. The largest absolute Gasteiger partial charge is 0.456 e. The highest BCUT2D eigenvalue weighted by Crippen LogP contribution is 2.35. The van der Waals surface area contributed by atoms with Crippen molar-refractivity contribution in [1.82, 2.24) is 15.0 Å². The molecule has 9 rings (SSSR count). The molecule has 0 fully saturated rings. The van der Waals surface area contributed by atoms with Gasteiger partial charge in [-0.3, -0.25) is 0 Å². The number of benzene rings is 7. The van der Waals surface area contributed by atoms with Crippen LogP contribution < -0.4 is 0 Å². The number of nitrogens with zero attached hydrogens (tertiary/aromatic N) is 3. The van der Waals surface area contributed by atoms with Crippen molar-refractivity contribution in [2.24, 2.45) is 0 Å². The zero-order valence-corrected chi connectivity index (χ0v) is 25.6. The van der Waals surface area contributed by atoms with Crippen LogP contribution in [0, 0.1) is 0 Å². The van der Waals surface area contributed by atoms with E-state index in [0.29, 0.717) is 11.1 Å². The molecule has 0 saturated carbocycles. The molecule has 0 spiro atoms. The van der Waals surface area contributed by atoms with Gasteiger partial charge < -0.3 is 4.42 Å². The summed E-state index contributed by atoms with van der Waals surface area (Å²) >= 11 is 0. The van der Waals surface area contributed by atoms with Crippen molar-refractivity contribution in [3.8, 4) is 67.5 Å². The summed E-state index contributed by atoms with van der Waals surface area (Å²) in [6.07, 6.45) is 0. The summed E-state index contributed by atoms with van der Waals surface area (Å²) in [5, 5.41) is -0.348. The Morgan fingerprint density at radius 3 is 1.31 bits per heavy atom. The Bertz CT molecular complexity index is 3170. The third-order valence-electron chi connectivity index (χ3n) is 8.12. The van der Waals surface area contributed by atoms with Gasteiger partial charge in [0.25, 0.3) is 0 Å². The molecular weight excluding hydrogens is 599 g/mol. The topological polar surface area (TPSA) is 51.8 Å². The van der Waals surface area contributed by atoms with E-state index in [9.17, 15) is 2.74 Å². The van der Waals surface area contributed by atoms with Gasteiger partial charge in [-0.15, -0.1) is 0 Å². The maximum Gasteiger partial charge on any atom is 0.164 e. The lowest BCUT2D eigenvalue weighted by Gasteiger charge is -2.09. The molecule has 0 aliphatic carbocycles. The molecule has 0 saturated heterocycles. The van der Waals surface area contributed by atoms with Crippen LogP contribution in [0.4, 0.5) is 0 Å². The van der Waals surface area contributed by atoms with Crippen LogP contribution in [0.2, 0.25) is 0 Å². The van der Waals surface area contributed by atoms with Crippen LogP contribution in [-0.2, 0) is 0 Å². The van der Waals surface area contributed by atoms with Gasteiger partial charge in [-0.2, -0.15) is 0 Å². The van der Waals surface area contributed by atoms with Crippen molar-refractivity contribution in [2.75, 3.05) is 0 Å². The van der Waals surface area contributed by atoms with E-state index in [1.165, 1.54) is 0 Å². The van der Waals surface area contributed by atoms with E-state index in [4.69, 9.17) is 26.7 Å². The third-order valence-corrected chi connectivity index (χ3v) is 8.12. The SMILES string of the molecule is [2H]c1c([2H])c([2H])c(-c2c([2H])c([2H])c3c(oc4c([2H])c(-c5nc(-c6ccccc6)nc(-c6ccc(-c7ccc(-c8ccccc8)cc7)cc6)n5)c([2H])c([2H])c43)c2[2H])c([2H])c1[2H]. The van der Waals surface area contributed by atoms with Gasteiger partial charge in [0.2, 0.25) is 0 Å². The van der Waals surface area contributed by atoms with Gasteiger partial charge in [0.1, 0.15) is 11.2 Å². The molecule has 7 aromatic carbocycles. The van der Waals surface area contributed by atoms with E-state index in [-0.39, 0.29) is 45.0 Å². The second-order valence-corrected chi connectivity index (χ2v) is 11.2. The molecule has 4 heteroatoms. The Labute approximate surface area is 299 Å². The van der Waals surface area contributed by atoms with Gasteiger partial charge in [-0.25, -0.2) is 15.0 Å². The van der Waals surface area contributed by atoms with Gasteiger partial charge in [-0.05, 0) is 57.6 Å². The van der Waals surface area contributed by atoms with E-state index in [1.54, 1.807) is 0 Å². The molecule has 230 valence electrons. The molecule has 0 unspecified atom stereocenters. The fraction of sp³-hybridized carbons (Fsp3) is 0. The maximum absolute atomic E-state index is 9.35. The summed E-state index contributed by atoms with van der Waals surface area (Å²) in [6.45, 7) is 0. The number of hydrogen-bond donors (Lipinski definition) is 0. The molecular formula is C45H29N3O. The standard InChI is InChI=1S/C45H29N3O/c1-4-10-30(11-5-1)32-16-18-33(19-17-32)34-20-22-36(23-21-34)44-46-43(35-14-8-3-9-15-35)47-45(48-44)38-25-27-40-39-26-24-37(31-12-6-2-7-13-31)28-41(39)49-42(40)29-38/h1-29H/i2D,6D,7D,12D,13D,24D,25D,26D,27D,28D,29D. The first-order valence-corrected chi connectivity index (χ1v) is 15.5. The predicted molar refractivity (Wildman–Crippen MR) is 200 cm³/mol. The Morgan fingerprint density at radius 1 is 0.347 bits per heavy atom. The molecule has 49 heavy (non-hydrogen) atoms. The number of fused-ring (bicyclic) bond motifs is 3. The van der Waals surface area contributed by atoms with E-state index in [0.717, 1.165) is 22.3 Å². The fourth-order valence-corrected chi connectivity index (χ4v) is 5.63. The van der Waals surface area contributed by atoms with Crippen LogP contribution in [0.1, 0.15) is 15.1 Å². The normalized spacial score (nSPS) is 14.4. The zero-order valence-electron chi connectivity index (χ0n) is 36.6. The summed E-state index contributed by atoms with van der Waals surface area (Å²) < 4.78 is 102. The number of furan rings is 1. The molecule has 4 nitrogen and oxygen atoms in total. The minimum absolute atomic E-state index is 0.0940. The third kappa shape index (κ3) is 5.56. The molecule has 0 aliphatic rings. The molecule has 0 N–H and O–H groups in total. The van der Waals surface area contributed by atoms with Crippen LogP contribution in [0.15, 0.2) is 180 Å². The highest BCUT2D eigenvalue weighted by Gasteiger charge is 2.15. The zero-order chi connectivity index (χ0) is 42.1. The highest BCUT2D eigenvalue weighted by atomic mass is 16.3. The van der Waals surface area contributed by atoms with Gasteiger partial charge in [0, 0.05) is 27.5 Å². The van der Waals surface area contributed by atoms with Crippen LogP contribution in [0.3, 0.4) is 0 Å². The van der Waals surface area contributed by atoms with Gasteiger partial charge >= 0.3 is 0 Å². The van der Waals surface area contributed by atoms with Crippen molar-refractivity contribution in [2.45, 2.75) is 0 Å². The average molecular weight is 639 g/mol. The summed E-state index contributed by atoms with van der Waals surface area (Å²) in [7, 11) is 0. The van der Waals surface area contributed by atoms with Crippen molar-refractivity contribution >= 4 is 21.9 Å². The predicted octanol–water partition coefficient (Wildman–Crippen LogP) is 11.8. The molecule has 0 radical (unpaired) electrons. The summed E-state index contributed by atoms with van der Waals surface area (Å²) in [6, 6.07) is 28.6. The Morgan fingerprint density at radius 2 is 0.755 bits per heavy atom. The van der Waals surface area contributed by atoms with E-state index in [2.05, 4.69) is 41.4 Å².